The maximum atomic E-state index is 13.5. The Labute approximate surface area is 124 Å². The molecule has 0 bridgehead atoms. The lowest BCUT2D eigenvalue weighted by atomic mass is 10.2. The van der Waals surface area contributed by atoms with Crippen molar-refractivity contribution in [2.45, 2.75) is 0 Å². The lowest BCUT2D eigenvalue weighted by Crippen LogP contribution is -2.13. The van der Waals surface area contributed by atoms with Crippen LogP contribution in [0, 0.1) is 5.82 Å². The van der Waals surface area contributed by atoms with Crippen LogP contribution in [-0.2, 0) is 0 Å². The number of carbonyl (C=O) groups excluding carboxylic acids is 1. The second-order valence-electron chi connectivity index (χ2n) is 3.68. The smallest absolute Gasteiger partial charge is 0.257 e. The predicted octanol–water partition coefficient (Wildman–Crippen LogP) is 5.04. The molecule has 0 saturated carbocycles. The maximum absolute atomic E-state index is 13.5. The van der Waals surface area contributed by atoms with E-state index in [1.165, 1.54) is 18.2 Å². The molecule has 0 saturated heterocycles. The van der Waals surface area contributed by atoms with Crippen molar-refractivity contribution in [1.82, 2.24) is 0 Å². The second kappa shape index (κ2) is 5.78. The summed E-state index contributed by atoms with van der Waals surface area (Å²) in [6, 6.07) is 8.59. The van der Waals surface area contributed by atoms with Crippen molar-refractivity contribution < 1.29 is 9.18 Å². The topological polar surface area (TPSA) is 29.1 Å². The number of benzene rings is 2. The number of rotatable bonds is 2. The SMILES string of the molecule is O=C(Nc1ccc(Cl)cc1F)c1cccc(Cl)c1Cl. The van der Waals surface area contributed by atoms with Crippen molar-refractivity contribution in [2.75, 3.05) is 5.32 Å². The zero-order chi connectivity index (χ0) is 14.0. The third-order valence-electron chi connectivity index (χ3n) is 2.38. The van der Waals surface area contributed by atoms with Gasteiger partial charge in [-0.3, -0.25) is 4.79 Å². The molecule has 0 unspecified atom stereocenters. The van der Waals surface area contributed by atoms with Crippen LogP contribution in [-0.4, -0.2) is 5.91 Å². The highest BCUT2D eigenvalue weighted by Crippen LogP contribution is 2.27. The number of amides is 1. The minimum absolute atomic E-state index is 0.0189. The van der Waals surface area contributed by atoms with Gasteiger partial charge < -0.3 is 5.32 Å². The van der Waals surface area contributed by atoms with Gasteiger partial charge in [-0.15, -0.1) is 0 Å². The van der Waals surface area contributed by atoms with Crippen LogP contribution in [0.25, 0.3) is 0 Å². The molecule has 0 aliphatic carbocycles. The van der Waals surface area contributed by atoms with Gasteiger partial charge in [0.2, 0.25) is 0 Å². The average molecular weight is 319 g/mol. The summed E-state index contributed by atoms with van der Waals surface area (Å²) >= 11 is 17.3. The summed E-state index contributed by atoms with van der Waals surface area (Å²) in [5.74, 6) is -1.17. The summed E-state index contributed by atoms with van der Waals surface area (Å²) in [6.07, 6.45) is 0. The first kappa shape index (κ1) is 14.1. The van der Waals surface area contributed by atoms with Crippen LogP contribution < -0.4 is 5.32 Å². The predicted molar refractivity (Wildman–Crippen MR) is 75.8 cm³/mol. The lowest BCUT2D eigenvalue weighted by molar-refractivity contribution is 0.102. The lowest BCUT2D eigenvalue weighted by Gasteiger charge is -2.08. The number of hydrogen-bond donors (Lipinski definition) is 1. The Morgan fingerprint density at radius 3 is 2.53 bits per heavy atom. The number of anilines is 1. The molecule has 98 valence electrons. The summed E-state index contributed by atoms with van der Waals surface area (Å²) in [4.78, 5) is 12.0. The average Bonchev–Trinajstić information content (AvgIpc) is 2.36. The standard InChI is InChI=1S/C13H7Cl3FNO/c14-7-4-5-11(10(17)6-7)18-13(19)8-2-1-3-9(15)12(8)16/h1-6H,(H,18,19). The van der Waals surface area contributed by atoms with E-state index < -0.39 is 11.7 Å². The first-order chi connectivity index (χ1) is 8.99. The molecule has 0 fully saturated rings. The number of carbonyl (C=O) groups is 1. The van der Waals surface area contributed by atoms with Crippen LogP contribution in [0.5, 0.6) is 0 Å². The fraction of sp³-hybridized carbons (Fsp3) is 0. The highest BCUT2D eigenvalue weighted by atomic mass is 35.5. The zero-order valence-corrected chi connectivity index (χ0v) is 11.7. The highest BCUT2D eigenvalue weighted by molar-refractivity contribution is 6.44. The van der Waals surface area contributed by atoms with E-state index >= 15 is 0 Å². The van der Waals surface area contributed by atoms with Gasteiger partial charge in [-0.05, 0) is 30.3 Å². The van der Waals surface area contributed by atoms with Crippen LogP contribution in [0.1, 0.15) is 10.4 Å². The first-order valence-electron chi connectivity index (χ1n) is 5.19. The van der Waals surface area contributed by atoms with Crippen molar-refractivity contribution >= 4 is 46.4 Å². The molecule has 2 aromatic rings. The summed E-state index contributed by atoms with van der Waals surface area (Å²) in [7, 11) is 0. The van der Waals surface area contributed by atoms with Crippen LogP contribution in [0.3, 0.4) is 0 Å². The van der Waals surface area contributed by atoms with Gasteiger partial charge >= 0.3 is 0 Å². The molecule has 1 amide bonds. The summed E-state index contributed by atoms with van der Waals surface area (Å²) < 4.78 is 13.5. The summed E-state index contributed by atoms with van der Waals surface area (Å²) in [5.41, 5.74) is 0.189. The monoisotopic (exact) mass is 317 g/mol. The molecule has 0 heterocycles. The van der Waals surface area contributed by atoms with Crippen LogP contribution >= 0.6 is 34.8 Å². The van der Waals surface area contributed by atoms with E-state index in [9.17, 15) is 9.18 Å². The Hall–Kier alpha value is -1.29. The molecule has 0 atom stereocenters. The first-order valence-corrected chi connectivity index (χ1v) is 6.33. The molecule has 2 nitrogen and oxygen atoms in total. The zero-order valence-electron chi connectivity index (χ0n) is 9.38. The highest BCUT2D eigenvalue weighted by Gasteiger charge is 2.14. The summed E-state index contributed by atoms with van der Waals surface area (Å²) in [5, 5.41) is 3.03. The van der Waals surface area contributed by atoms with Gasteiger partial charge in [-0.1, -0.05) is 40.9 Å². The van der Waals surface area contributed by atoms with Crippen molar-refractivity contribution in [3.63, 3.8) is 0 Å². The molecular weight excluding hydrogens is 312 g/mol. The van der Waals surface area contributed by atoms with Gasteiger partial charge in [0.15, 0.2) is 0 Å². The van der Waals surface area contributed by atoms with E-state index in [-0.39, 0.29) is 26.3 Å². The fourth-order valence-electron chi connectivity index (χ4n) is 1.46. The van der Waals surface area contributed by atoms with E-state index in [1.807, 2.05) is 0 Å². The van der Waals surface area contributed by atoms with E-state index in [2.05, 4.69) is 5.32 Å². The quantitative estimate of drug-likeness (QED) is 0.826. The van der Waals surface area contributed by atoms with Crippen LogP contribution in [0.15, 0.2) is 36.4 Å². The molecule has 0 aliphatic rings. The molecule has 0 aromatic heterocycles. The maximum Gasteiger partial charge on any atom is 0.257 e. The minimum Gasteiger partial charge on any atom is -0.319 e. The minimum atomic E-state index is -0.626. The Bertz CT molecular complexity index is 646. The van der Waals surface area contributed by atoms with E-state index in [1.54, 1.807) is 12.1 Å². The van der Waals surface area contributed by atoms with Gasteiger partial charge in [-0.25, -0.2) is 4.39 Å². The number of nitrogens with one attached hydrogen (secondary N) is 1. The van der Waals surface area contributed by atoms with E-state index in [0.29, 0.717) is 0 Å². The van der Waals surface area contributed by atoms with Gasteiger partial charge in [0, 0.05) is 5.02 Å². The van der Waals surface area contributed by atoms with Gasteiger partial charge in [-0.2, -0.15) is 0 Å². The molecule has 0 aliphatic heterocycles. The molecule has 6 heteroatoms. The molecule has 0 radical (unpaired) electrons. The van der Waals surface area contributed by atoms with Gasteiger partial charge in [0.25, 0.3) is 5.91 Å². The normalized spacial score (nSPS) is 10.3. The van der Waals surface area contributed by atoms with Gasteiger partial charge in [0.05, 0.1) is 21.3 Å². The molecule has 1 N–H and O–H groups in total. The Kier molecular flexibility index (Phi) is 4.30. The van der Waals surface area contributed by atoms with Crippen LogP contribution in [0.4, 0.5) is 10.1 Å². The van der Waals surface area contributed by atoms with E-state index in [0.717, 1.165) is 6.07 Å². The molecular formula is C13H7Cl3FNO. The van der Waals surface area contributed by atoms with E-state index in [4.69, 9.17) is 34.8 Å². The number of hydrogen-bond acceptors (Lipinski definition) is 1. The van der Waals surface area contributed by atoms with Crippen molar-refractivity contribution in [2.24, 2.45) is 0 Å². The van der Waals surface area contributed by atoms with Crippen molar-refractivity contribution in [1.29, 1.82) is 0 Å². The third kappa shape index (κ3) is 3.18. The Balaban J connectivity index is 2.28. The molecule has 2 aromatic carbocycles. The molecule has 0 spiro atoms. The Morgan fingerprint density at radius 1 is 1.11 bits per heavy atom. The molecule has 2 rings (SSSR count). The fourth-order valence-corrected chi connectivity index (χ4v) is 2.00. The van der Waals surface area contributed by atoms with Crippen molar-refractivity contribution in [3.05, 3.63) is 62.8 Å². The third-order valence-corrected chi connectivity index (χ3v) is 3.43. The summed E-state index contributed by atoms with van der Waals surface area (Å²) in [6.45, 7) is 0. The largest absolute Gasteiger partial charge is 0.319 e. The number of halogens is 4. The van der Waals surface area contributed by atoms with Crippen molar-refractivity contribution in [3.8, 4) is 0 Å². The van der Waals surface area contributed by atoms with Gasteiger partial charge in [0.1, 0.15) is 5.82 Å². The Morgan fingerprint density at radius 2 is 1.84 bits per heavy atom. The second-order valence-corrected chi connectivity index (χ2v) is 4.90. The molecule has 19 heavy (non-hydrogen) atoms. The van der Waals surface area contributed by atoms with Crippen LogP contribution in [0.2, 0.25) is 15.1 Å².